The van der Waals surface area contributed by atoms with Crippen molar-refractivity contribution < 1.29 is 4.79 Å². The summed E-state index contributed by atoms with van der Waals surface area (Å²) in [4.78, 5) is 11.8. The summed E-state index contributed by atoms with van der Waals surface area (Å²) in [5, 5.41) is 4.85. The van der Waals surface area contributed by atoms with Crippen LogP contribution in [-0.4, -0.2) is 11.6 Å². The third-order valence-corrected chi connectivity index (χ3v) is 4.37. The van der Waals surface area contributed by atoms with Crippen LogP contribution in [0, 0.1) is 0 Å². The Morgan fingerprint density at radius 3 is 2.08 bits per heavy atom. The molecule has 0 radical (unpaired) electrons. The van der Waals surface area contributed by atoms with Gasteiger partial charge in [-0.1, -0.05) is 82.0 Å². The maximum atomic E-state index is 11.8. The number of hydrazone groups is 1. The molecule has 0 aliphatic rings. The minimum absolute atomic E-state index is 0.00809. The van der Waals surface area contributed by atoms with Crippen LogP contribution in [0.1, 0.15) is 83.6 Å². The minimum Gasteiger partial charge on any atom is -0.273 e. The van der Waals surface area contributed by atoms with Crippen LogP contribution in [0.25, 0.3) is 0 Å². The summed E-state index contributed by atoms with van der Waals surface area (Å²) < 4.78 is 0. The van der Waals surface area contributed by atoms with E-state index in [2.05, 4.69) is 17.5 Å². The molecule has 3 nitrogen and oxygen atoms in total. The summed E-state index contributed by atoms with van der Waals surface area (Å²) in [6.45, 7) is 4.12. The second kappa shape index (κ2) is 13.0. The highest BCUT2D eigenvalue weighted by molar-refractivity contribution is 6.30. The smallest absolute Gasteiger partial charge is 0.240 e. The molecule has 1 aromatic rings. The third-order valence-electron chi connectivity index (χ3n) is 4.12. The van der Waals surface area contributed by atoms with Gasteiger partial charge in [-0.3, -0.25) is 4.79 Å². The number of rotatable bonds is 12. The maximum Gasteiger partial charge on any atom is 0.240 e. The van der Waals surface area contributed by atoms with Crippen LogP contribution in [0.2, 0.25) is 5.02 Å². The van der Waals surface area contributed by atoms with E-state index in [4.69, 9.17) is 11.6 Å². The van der Waals surface area contributed by atoms with Crippen molar-refractivity contribution in [2.75, 3.05) is 0 Å². The van der Waals surface area contributed by atoms with E-state index in [-0.39, 0.29) is 5.91 Å². The fourth-order valence-corrected chi connectivity index (χ4v) is 2.68. The number of nitrogens with zero attached hydrogens (tertiary/aromatic N) is 1. The number of unbranched alkanes of at least 4 members (excludes halogenated alkanes) is 8. The Hall–Kier alpha value is -1.35. The second-order valence-corrected chi connectivity index (χ2v) is 6.75. The maximum absolute atomic E-state index is 11.8. The first-order valence-electron chi connectivity index (χ1n) is 9.22. The predicted octanol–water partition coefficient (Wildman–Crippen LogP) is 6.10. The molecule has 1 aromatic carbocycles. The molecular weight excluding hydrogens is 320 g/mol. The Balaban J connectivity index is 2.09. The van der Waals surface area contributed by atoms with E-state index in [9.17, 15) is 4.79 Å². The molecule has 0 bridgehead atoms. The van der Waals surface area contributed by atoms with Crippen molar-refractivity contribution in [2.45, 2.75) is 78.1 Å². The molecule has 0 saturated heterocycles. The molecule has 0 heterocycles. The van der Waals surface area contributed by atoms with Crippen molar-refractivity contribution in [3.63, 3.8) is 0 Å². The second-order valence-electron chi connectivity index (χ2n) is 6.32. The molecule has 0 fully saturated rings. The van der Waals surface area contributed by atoms with Gasteiger partial charge in [0, 0.05) is 11.4 Å². The highest BCUT2D eigenvalue weighted by Gasteiger charge is 2.02. The number of carbonyl (C=O) groups excluding carboxylic acids is 1. The molecule has 0 unspecified atom stereocenters. The van der Waals surface area contributed by atoms with E-state index in [1.807, 2.05) is 31.2 Å². The Morgan fingerprint density at radius 1 is 0.958 bits per heavy atom. The van der Waals surface area contributed by atoms with Crippen molar-refractivity contribution in [1.29, 1.82) is 0 Å². The summed E-state index contributed by atoms with van der Waals surface area (Å²) in [7, 11) is 0. The van der Waals surface area contributed by atoms with Crippen molar-refractivity contribution in [1.82, 2.24) is 5.43 Å². The first kappa shape index (κ1) is 20.7. The lowest BCUT2D eigenvalue weighted by Gasteiger charge is -2.04. The number of nitrogens with one attached hydrogen (secondary N) is 1. The summed E-state index contributed by atoms with van der Waals surface area (Å²) >= 11 is 5.86. The van der Waals surface area contributed by atoms with Crippen LogP contribution in [0.4, 0.5) is 0 Å². The standard InChI is InChI=1S/C20H31ClN2O/c1-3-4-5-6-7-8-9-10-11-12-20(24)23-22-17(2)18-13-15-19(21)16-14-18/h13-16H,3-12H2,1-2H3,(H,23,24). The predicted molar refractivity (Wildman–Crippen MR) is 104 cm³/mol. The highest BCUT2D eigenvalue weighted by Crippen LogP contribution is 2.11. The molecule has 0 aliphatic carbocycles. The van der Waals surface area contributed by atoms with Gasteiger partial charge in [0.15, 0.2) is 0 Å². The van der Waals surface area contributed by atoms with Gasteiger partial charge in [0.05, 0.1) is 5.71 Å². The number of benzene rings is 1. The monoisotopic (exact) mass is 350 g/mol. The van der Waals surface area contributed by atoms with Crippen molar-refractivity contribution in [3.05, 3.63) is 34.9 Å². The van der Waals surface area contributed by atoms with Gasteiger partial charge >= 0.3 is 0 Å². The Morgan fingerprint density at radius 2 is 1.50 bits per heavy atom. The van der Waals surface area contributed by atoms with Crippen LogP contribution in [0.5, 0.6) is 0 Å². The van der Waals surface area contributed by atoms with E-state index in [1.54, 1.807) is 0 Å². The van der Waals surface area contributed by atoms with Crippen LogP contribution in [0.3, 0.4) is 0 Å². The van der Waals surface area contributed by atoms with Gasteiger partial charge in [-0.05, 0) is 31.0 Å². The number of amides is 1. The van der Waals surface area contributed by atoms with Gasteiger partial charge in [0.25, 0.3) is 0 Å². The summed E-state index contributed by atoms with van der Waals surface area (Å²) in [6.07, 6.45) is 11.8. The summed E-state index contributed by atoms with van der Waals surface area (Å²) in [6, 6.07) is 7.43. The van der Waals surface area contributed by atoms with E-state index in [1.165, 1.54) is 44.9 Å². The molecule has 0 aromatic heterocycles. The Bertz CT molecular complexity index is 497. The van der Waals surface area contributed by atoms with E-state index in [0.29, 0.717) is 11.4 Å². The van der Waals surface area contributed by atoms with Gasteiger partial charge in [0.2, 0.25) is 5.91 Å². The van der Waals surface area contributed by atoms with E-state index >= 15 is 0 Å². The first-order valence-corrected chi connectivity index (χ1v) is 9.60. The zero-order valence-electron chi connectivity index (χ0n) is 15.1. The normalized spacial score (nSPS) is 11.5. The van der Waals surface area contributed by atoms with Gasteiger partial charge in [0.1, 0.15) is 0 Å². The average molecular weight is 351 g/mol. The lowest BCUT2D eigenvalue weighted by atomic mass is 10.1. The largest absolute Gasteiger partial charge is 0.273 e. The number of hydrogen-bond acceptors (Lipinski definition) is 2. The van der Waals surface area contributed by atoms with Crippen LogP contribution >= 0.6 is 11.6 Å². The fraction of sp³-hybridized carbons (Fsp3) is 0.600. The molecule has 1 rings (SSSR count). The lowest BCUT2D eigenvalue weighted by molar-refractivity contribution is -0.121. The Labute approximate surface area is 151 Å². The van der Waals surface area contributed by atoms with Crippen molar-refractivity contribution in [2.24, 2.45) is 5.10 Å². The quantitative estimate of drug-likeness (QED) is 0.276. The van der Waals surface area contributed by atoms with Gasteiger partial charge in [-0.2, -0.15) is 5.10 Å². The number of hydrogen-bond donors (Lipinski definition) is 1. The Kier molecular flexibility index (Phi) is 11.2. The molecule has 0 saturated carbocycles. The van der Waals surface area contributed by atoms with E-state index in [0.717, 1.165) is 24.1 Å². The van der Waals surface area contributed by atoms with Crippen molar-refractivity contribution in [3.8, 4) is 0 Å². The summed E-state index contributed by atoms with van der Waals surface area (Å²) in [5.41, 5.74) is 4.38. The molecule has 1 amide bonds. The molecule has 4 heteroatoms. The molecule has 24 heavy (non-hydrogen) atoms. The highest BCUT2D eigenvalue weighted by atomic mass is 35.5. The fourth-order valence-electron chi connectivity index (χ4n) is 2.55. The average Bonchev–Trinajstić information content (AvgIpc) is 2.59. The van der Waals surface area contributed by atoms with Crippen LogP contribution in [0.15, 0.2) is 29.4 Å². The number of carbonyl (C=O) groups is 1. The number of halogens is 1. The third kappa shape index (κ3) is 9.71. The van der Waals surface area contributed by atoms with Gasteiger partial charge < -0.3 is 0 Å². The van der Waals surface area contributed by atoms with Crippen LogP contribution in [-0.2, 0) is 4.79 Å². The molecule has 0 aliphatic heterocycles. The molecule has 0 spiro atoms. The molecule has 134 valence electrons. The van der Waals surface area contributed by atoms with E-state index < -0.39 is 0 Å². The van der Waals surface area contributed by atoms with Gasteiger partial charge in [-0.15, -0.1) is 0 Å². The molecule has 1 N–H and O–H groups in total. The lowest BCUT2D eigenvalue weighted by Crippen LogP contribution is -2.18. The summed E-state index contributed by atoms with van der Waals surface area (Å²) in [5.74, 6) is -0.00809. The first-order chi connectivity index (χ1) is 11.6. The van der Waals surface area contributed by atoms with Gasteiger partial charge in [-0.25, -0.2) is 5.43 Å². The topological polar surface area (TPSA) is 41.5 Å². The zero-order valence-corrected chi connectivity index (χ0v) is 15.9. The molecular formula is C20H31ClN2O. The minimum atomic E-state index is -0.00809. The zero-order chi connectivity index (χ0) is 17.6. The molecule has 0 atom stereocenters. The van der Waals surface area contributed by atoms with Crippen molar-refractivity contribution >= 4 is 23.2 Å². The SMILES string of the molecule is CCCCCCCCCCCC(=O)NN=C(C)c1ccc(Cl)cc1. The van der Waals surface area contributed by atoms with Crippen LogP contribution < -0.4 is 5.43 Å².